The Morgan fingerprint density at radius 1 is 1.59 bits per heavy atom. The van der Waals surface area contributed by atoms with Gasteiger partial charge in [0, 0.05) is 17.2 Å². The fourth-order valence-electron chi connectivity index (χ4n) is 1.61. The lowest BCUT2D eigenvalue weighted by Crippen LogP contribution is -2.32. The predicted molar refractivity (Wildman–Crippen MR) is 71.2 cm³/mol. The summed E-state index contributed by atoms with van der Waals surface area (Å²) >= 11 is 3.38. The summed E-state index contributed by atoms with van der Waals surface area (Å²) in [5.41, 5.74) is 1.04. The van der Waals surface area contributed by atoms with Crippen LogP contribution in [-0.4, -0.2) is 31.2 Å². The molecule has 17 heavy (non-hydrogen) atoms. The maximum atomic E-state index is 11.3. The number of aromatic nitrogens is 1. The summed E-state index contributed by atoms with van der Waals surface area (Å²) < 4.78 is 5.63. The van der Waals surface area contributed by atoms with E-state index in [1.807, 2.05) is 17.9 Å². The van der Waals surface area contributed by atoms with E-state index in [1.54, 1.807) is 6.20 Å². The molecule has 0 atom stereocenters. The van der Waals surface area contributed by atoms with Crippen molar-refractivity contribution < 1.29 is 9.53 Å². The third kappa shape index (κ3) is 4.00. The summed E-state index contributed by atoms with van der Waals surface area (Å²) in [6.07, 6.45) is 2.69. The molecule has 0 amide bonds. The first-order valence-corrected chi connectivity index (χ1v) is 6.31. The van der Waals surface area contributed by atoms with Crippen LogP contribution in [0.4, 0.5) is 5.82 Å². The first kappa shape index (κ1) is 14.0. The smallest absolute Gasteiger partial charge is 0.325 e. The number of anilines is 1. The molecule has 4 nitrogen and oxygen atoms in total. The number of ether oxygens (including phenoxy) is 1. The molecular weight excluding hydrogens is 284 g/mol. The fraction of sp³-hybridized carbons (Fsp3) is 0.500. The van der Waals surface area contributed by atoms with E-state index in [1.165, 1.54) is 7.11 Å². The Bertz CT molecular complexity index is 396. The van der Waals surface area contributed by atoms with Crippen LogP contribution in [0.1, 0.15) is 18.9 Å². The van der Waals surface area contributed by atoms with E-state index in [4.69, 9.17) is 4.74 Å². The van der Waals surface area contributed by atoms with Crippen LogP contribution in [-0.2, 0) is 9.53 Å². The van der Waals surface area contributed by atoms with Crippen molar-refractivity contribution in [2.45, 2.75) is 20.3 Å². The molecule has 0 N–H and O–H groups in total. The third-order valence-corrected chi connectivity index (χ3v) is 2.79. The molecule has 1 rings (SSSR count). The van der Waals surface area contributed by atoms with Crippen LogP contribution in [0, 0.1) is 6.92 Å². The molecule has 1 aromatic rings. The van der Waals surface area contributed by atoms with Crippen molar-refractivity contribution in [3.05, 3.63) is 22.3 Å². The standard InChI is InChI=1S/C12H17BrN2O2/c1-4-5-15(8-11(16)17-3)12-9(2)6-10(13)7-14-12/h6-7H,4-5,8H2,1-3H3. The Kier molecular flexibility index (Phi) is 5.41. The molecule has 0 unspecified atom stereocenters. The summed E-state index contributed by atoms with van der Waals surface area (Å²) in [6, 6.07) is 1.99. The van der Waals surface area contributed by atoms with E-state index >= 15 is 0 Å². The van der Waals surface area contributed by atoms with Crippen LogP contribution < -0.4 is 4.90 Å². The van der Waals surface area contributed by atoms with Gasteiger partial charge in [-0.25, -0.2) is 4.98 Å². The molecule has 0 aliphatic heterocycles. The van der Waals surface area contributed by atoms with Crippen molar-refractivity contribution >= 4 is 27.7 Å². The number of carbonyl (C=O) groups is 1. The van der Waals surface area contributed by atoms with Gasteiger partial charge in [0.05, 0.1) is 7.11 Å². The molecule has 0 spiro atoms. The molecule has 1 aromatic heterocycles. The lowest BCUT2D eigenvalue weighted by molar-refractivity contribution is -0.138. The molecule has 0 saturated heterocycles. The van der Waals surface area contributed by atoms with E-state index in [-0.39, 0.29) is 12.5 Å². The molecule has 1 heterocycles. The van der Waals surface area contributed by atoms with E-state index in [2.05, 4.69) is 27.8 Å². The maximum Gasteiger partial charge on any atom is 0.325 e. The molecule has 0 bridgehead atoms. The highest BCUT2D eigenvalue weighted by molar-refractivity contribution is 9.10. The number of methoxy groups -OCH3 is 1. The van der Waals surface area contributed by atoms with Gasteiger partial charge in [-0.05, 0) is 40.9 Å². The molecular formula is C12H17BrN2O2. The first-order chi connectivity index (χ1) is 8.08. The van der Waals surface area contributed by atoms with Gasteiger partial charge in [-0.15, -0.1) is 0 Å². The van der Waals surface area contributed by atoms with Crippen molar-refractivity contribution in [1.82, 2.24) is 4.98 Å². The molecule has 0 radical (unpaired) electrons. The largest absolute Gasteiger partial charge is 0.468 e. The van der Waals surface area contributed by atoms with Crippen molar-refractivity contribution in [3.8, 4) is 0 Å². The molecule has 0 aromatic carbocycles. The van der Waals surface area contributed by atoms with Crippen molar-refractivity contribution in [3.63, 3.8) is 0 Å². The SMILES string of the molecule is CCCN(CC(=O)OC)c1ncc(Br)cc1C. The highest BCUT2D eigenvalue weighted by atomic mass is 79.9. The van der Waals surface area contributed by atoms with Gasteiger partial charge in [0.1, 0.15) is 12.4 Å². The molecule has 5 heteroatoms. The summed E-state index contributed by atoms with van der Waals surface area (Å²) in [5, 5.41) is 0. The average molecular weight is 301 g/mol. The minimum Gasteiger partial charge on any atom is -0.468 e. The van der Waals surface area contributed by atoms with Gasteiger partial charge in [0.15, 0.2) is 0 Å². The number of carbonyl (C=O) groups excluding carboxylic acids is 1. The van der Waals surface area contributed by atoms with Gasteiger partial charge in [-0.2, -0.15) is 0 Å². The van der Waals surface area contributed by atoms with Crippen LogP contribution in [0.3, 0.4) is 0 Å². The third-order valence-electron chi connectivity index (χ3n) is 2.36. The van der Waals surface area contributed by atoms with Crippen LogP contribution in [0.15, 0.2) is 16.7 Å². The minimum absolute atomic E-state index is 0.236. The lowest BCUT2D eigenvalue weighted by atomic mass is 10.2. The lowest BCUT2D eigenvalue weighted by Gasteiger charge is -2.23. The molecule has 0 fully saturated rings. The Hall–Kier alpha value is -1.10. The number of nitrogens with zero attached hydrogens (tertiary/aromatic N) is 2. The normalized spacial score (nSPS) is 10.1. The van der Waals surface area contributed by atoms with Crippen LogP contribution in [0.25, 0.3) is 0 Å². The second-order valence-corrected chi connectivity index (χ2v) is 4.71. The number of rotatable bonds is 5. The van der Waals surface area contributed by atoms with Gasteiger partial charge >= 0.3 is 5.97 Å². The number of aryl methyl sites for hydroxylation is 1. The zero-order valence-electron chi connectivity index (χ0n) is 10.4. The highest BCUT2D eigenvalue weighted by Crippen LogP contribution is 2.20. The number of hydrogen-bond donors (Lipinski definition) is 0. The number of pyridine rings is 1. The van der Waals surface area contributed by atoms with Crippen molar-refractivity contribution in [2.75, 3.05) is 25.1 Å². The number of hydrogen-bond acceptors (Lipinski definition) is 4. The second-order valence-electron chi connectivity index (χ2n) is 3.79. The highest BCUT2D eigenvalue weighted by Gasteiger charge is 2.14. The van der Waals surface area contributed by atoms with E-state index in [0.29, 0.717) is 0 Å². The monoisotopic (exact) mass is 300 g/mol. The van der Waals surface area contributed by atoms with Gasteiger partial charge in [0.2, 0.25) is 0 Å². The summed E-state index contributed by atoms with van der Waals surface area (Å²) in [6.45, 7) is 5.07. The van der Waals surface area contributed by atoms with Crippen LogP contribution in [0.2, 0.25) is 0 Å². The topological polar surface area (TPSA) is 42.4 Å². The van der Waals surface area contributed by atoms with Gasteiger partial charge < -0.3 is 9.64 Å². The van der Waals surface area contributed by atoms with E-state index in [9.17, 15) is 4.79 Å². The molecule has 0 aliphatic carbocycles. The second kappa shape index (κ2) is 6.59. The van der Waals surface area contributed by atoms with Crippen molar-refractivity contribution in [2.24, 2.45) is 0 Å². The fourth-order valence-corrected chi connectivity index (χ4v) is 2.06. The summed E-state index contributed by atoms with van der Waals surface area (Å²) in [7, 11) is 1.40. The Balaban J connectivity index is 2.92. The molecule has 0 saturated carbocycles. The zero-order valence-corrected chi connectivity index (χ0v) is 12.0. The molecule has 94 valence electrons. The maximum absolute atomic E-state index is 11.3. The van der Waals surface area contributed by atoms with E-state index in [0.717, 1.165) is 28.8 Å². The van der Waals surface area contributed by atoms with Crippen LogP contribution in [0.5, 0.6) is 0 Å². The summed E-state index contributed by atoms with van der Waals surface area (Å²) in [4.78, 5) is 17.6. The Morgan fingerprint density at radius 2 is 2.29 bits per heavy atom. The van der Waals surface area contributed by atoms with Gasteiger partial charge in [0.25, 0.3) is 0 Å². The summed E-state index contributed by atoms with van der Waals surface area (Å²) in [5.74, 6) is 0.586. The molecule has 0 aliphatic rings. The quantitative estimate of drug-likeness (QED) is 0.784. The van der Waals surface area contributed by atoms with E-state index < -0.39 is 0 Å². The number of esters is 1. The zero-order chi connectivity index (χ0) is 12.8. The predicted octanol–water partition coefficient (Wildman–Crippen LogP) is 2.54. The first-order valence-electron chi connectivity index (χ1n) is 5.52. The number of halogens is 1. The Labute approximate surface area is 110 Å². The van der Waals surface area contributed by atoms with Gasteiger partial charge in [-0.1, -0.05) is 6.92 Å². The van der Waals surface area contributed by atoms with Crippen molar-refractivity contribution in [1.29, 1.82) is 0 Å². The average Bonchev–Trinajstić information content (AvgIpc) is 2.28. The minimum atomic E-state index is -0.248. The van der Waals surface area contributed by atoms with Crippen LogP contribution >= 0.6 is 15.9 Å². The Morgan fingerprint density at radius 3 is 2.82 bits per heavy atom. The van der Waals surface area contributed by atoms with Gasteiger partial charge in [-0.3, -0.25) is 4.79 Å².